The molecule has 0 aliphatic carbocycles. The highest BCUT2D eigenvalue weighted by molar-refractivity contribution is 6.31. The van der Waals surface area contributed by atoms with Gasteiger partial charge in [-0.3, -0.25) is 4.79 Å². The Morgan fingerprint density at radius 2 is 1.74 bits per heavy atom. The first-order valence-electron chi connectivity index (χ1n) is 8.02. The summed E-state index contributed by atoms with van der Waals surface area (Å²) in [5.41, 5.74) is 1.68. The number of nitrogens with one attached hydrogen (secondary N) is 2. The quantitative estimate of drug-likeness (QED) is 0.496. The number of aromatic amines is 1. The van der Waals surface area contributed by atoms with Crippen LogP contribution < -0.4 is 5.32 Å². The number of aromatic nitrogens is 2. The van der Waals surface area contributed by atoms with E-state index < -0.39 is 11.6 Å². The van der Waals surface area contributed by atoms with Gasteiger partial charge in [-0.05, 0) is 48.5 Å². The Bertz CT molecular complexity index is 1150. The zero-order valence-corrected chi connectivity index (χ0v) is 14.5. The first-order chi connectivity index (χ1) is 13.0. The van der Waals surface area contributed by atoms with Crippen LogP contribution in [-0.4, -0.2) is 15.9 Å². The topological polar surface area (TPSA) is 57.8 Å². The van der Waals surface area contributed by atoms with Crippen molar-refractivity contribution in [3.05, 3.63) is 82.9 Å². The van der Waals surface area contributed by atoms with Crippen molar-refractivity contribution in [3.8, 4) is 11.4 Å². The Morgan fingerprint density at radius 1 is 1.00 bits per heavy atom. The highest BCUT2D eigenvalue weighted by Crippen LogP contribution is 2.26. The fraction of sp³-hybridized carbons (Fsp3) is 0. The Hall–Kier alpha value is -3.25. The molecule has 1 heterocycles. The standard InChI is InChI=1S/C20H12ClF2N3O/c21-12-3-1-4-13(10-12)24-20(27)11-7-8-16-17(9-11)26-19(25-16)18-14(22)5-2-6-15(18)23/h1-10H,(H,24,27)(H,25,26). The van der Waals surface area contributed by atoms with E-state index in [0.29, 0.717) is 27.3 Å². The summed E-state index contributed by atoms with van der Waals surface area (Å²) in [7, 11) is 0. The van der Waals surface area contributed by atoms with Crippen LogP contribution in [0.2, 0.25) is 5.02 Å². The highest BCUT2D eigenvalue weighted by Gasteiger charge is 2.16. The van der Waals surface area contributed by atoms with Crippen LogP contribution >= 0.6 is 11.6 Å². The van der Waals surface area contributed by atoms with Crippen LogP contribution in [0, 0.1) is 11.6 Å². The highest BCUT2D eigenvalue weighted by atomic mass is 35.5. The molecule has 0 aliphatic heterocycles. The minimum atomic E-state index is -0.715. The summed E-state index contributed by atoms with van der Waals surface area (Å²) in [5.74, 6) is -1.71. The van der Waals surface area contributed by atoms with Crippen LogP contribution in [0.3, 0.4) is 0 Å². The number of hydrogen-bond acceptors (Lipinski definition) is 2. The van der Waals surface area contributed by atoms with Crippen molar-refractivity contribution >= 4 is 34.2 Å². The lowest BCUT2D eigenvalue weighted by atomic mass is 10.2. The summed E-state index contributed by atoms with van der Waals surface area (Å²) in [6.45, 7) is 0. The minimum Gasteiger partial charge on any atom is -0.338 e. The number of anilines is 1. The van der Waals surface area contributed by atoms with E-state index in [0.717, 1.165) is 12.1 Å². The molecule has 134 valence electrons. The molecule has 0 spiro atoms. The van der Waals surface area contributed by atoms with E-state index in [2.05, 4.69) is 15.3 Å². The lowest BCUT2D eigenvalue weighted by Crippen LogP contribution is -2.11. The molecule has 3 aromatic carbocycles. The van der Waals surface area contributed by atoms with Gasteiger partial charge in [-0.2, -0.15) is 0 Å². The number of halogens is 3. The van der Waals surface area contributed by atoms with Crippen LogP contribution in [0.15, 0.2) is 60.7 Å². The van der Waals surface area contributed by atoms with Gasteiger partial charge >= 0.3 is 0 Å². The van der Waals surface area contributed by atoms with Gasteiger partial charge in [0, 0.05) is 16.3 Å². The van der Waals surface area contributed by atoms with Crippen LogP contribution in [0.1, 0.15) is 10.4 Å². The van der Waals surface area contributed by atoms with Crippen molar-refractivity contribution in [2.45, 2.75) is 0 Å². The van der Waals surface area contributed by atoms with Crippen molar-refractivity contribution < 1.29 is 13.6 Å². The van der Waals surface area contributed by atoms with Crippen molar-refractivity contribution in [3.63, 3.8) is 0 Å². The predicted molar refractivity (Wildman–Crippen MR) is 101 cm³/mol. The maximum absolute atomic E-state index is 14.0. The van der Waals surface area contributed by atoms with Gasteiger partial charge in [-0.1, -0.05) is 23.7 Å². The number of carbonyl (C=O) groups is 1. The van der Waals surface area contributed by atoms with Gasteiger partial charge in [0.15, 0.2) is 0 Å². The molecule has 2 N–H and O–H groups in total. The lowest BCUT2D eigenvalue weighted by Gasteiger charge is -2.05. The number of fused-ring (bicyclic) bond motifs is 1. The summed E-state index contributed by atoms with van der Waals surface area (Å²) < 4.78 is 27.9. The lowest BCUT2D eigenvalue weighted by molar-refractivity contribution is 0.102. The van der Waals surface area contributed by atoms with Gasteiger partial charge in [-0.25, -0.2) is 13.8 Å². The molecular weight excluding hydrogens is 372 g/mol. The zero-order valence-electron chi connectivity index (χ0n) is 13.8. The molecule has 4 rings (SSSR count). The number of hydrogen-bond donors (Lipinski definition) is 2. The van der Waals surface area contributed by atoms with E-state index in [4.69, 9.17) is 11.6 Å². The molecule has 0 fully saturated rings. The molecule has 0 saturated heterocycles. The number of benzene rings is 3. The molecule has 0 saturated carbocycles. The molecule has 1 amide bonds. The fourth-order valence-electron chi connectivity index (χ4n) is 2.76. The molecule has 1 aromatic heterocycles. The van der Waals surface area contributed by atoms with Gasteiger partial charge in [0.05, 0.1) is 16.6 Å². The average Bonchev–Trinajstić information content (AvgIpc) is 3.04. The maximum atomic E-state index is 14.0. The third-order valence-corrected chi connectivity index (χ3v) is 4.26. The van der Waals surface area contributed by atoms with Crippen molar-refractivity contribution in [1.82, 2.24) is 9.97 Å². The van der Waals surface area contributed by atoms with Crippen molar-refractivity contribution in [2.24, 2.45) is 0 Å². The largest absolute Gasteiger partial charge is 0.338 e. The number of imidazole rings is 1. The SMILES string of the molecule is O=C(Nc1cccc(Cl)c1)c1ccc2nc(-c3c(F)cccc3F)[nH]c2c1. The van der Waals surface area contributed by atoms with E-state index in [1.807, 2.05) is 0 Å². The zero-order chi connectivity index (χ0) is 19.0. The fourth-order valence-corrected chi connectivity index (χ4v) is 2.95. The predicted octanol–water partition coefficient (Wildman–Crippen LogP) is 5.41. The van der Waals surface area contributed by atoms with Crippen LogP contribution in [0.4, 0.5) is 14.5 Å². The Morgan fingerprint density at radius 3 is 2.48 bits per heavy atom. The summed E-state index contributed by atoms with van der Waals surface area (Å²) in [4.78, 5) is 19.5. The summed E-state index contributed by atoms with van der Waals surface area (Å²) in [6.07, 6.45) is 0. The number of rotatable bonds is 3. The average molecular weight is 384 g/mol. The van der Waals surface area contributed by atoms with E-state index >= 15 is 0 Å². The second-order valence-electron chi connectivity index (χ2n) is 5.88. The second kappa shape index (κ2) is 6.81. The molecule has 4 nitrogen and oxygen atoms in total. The van der Waals surface area contributed by atoms with Crippen LogP contribution in [-0.2, 0) is 0 Å². The van der Waals surface area contributed by atoms with Crippen LogP contribution in [0.25, 0.3) is 22.4 Å². The van der Waals surface area contributed by atoms with Gasteiger partial charge in [0.2, 0.25) is 0 Å². The second-order valence-corrected chi connectivity index (χ2v) is 6.31. The molecule has 27 heavy (non-hydrogen) atoms. The van der Waals surface area contributed by atoms with Crippen molar-refractivity contribution in [1.29, 1.82) is 0 Å². The number of H-pyrrole nitrogens is 1. The van der Waals surface area contributed by atoms with E-state index in [-0.39, 0.29) is 17.3 Å². The maximum Gasteiger partial charge on any atom is 0.255 e. The summed E-state index contributed by atoms with van der Waals surface area (Å²) in [5, 5.41) is 3.25. The molecule has 0 unspecified atom stereocenters. The smallest absolute Gasteiger partial charge is 0.255 e. The Kier molecular flexibility index (Phi) is 4.33. The molecular formula is C20H12ClF2N3O. The first-order valence-corrected chi connectivity index (χ1v) is 8.40. The third-order valence-electron chi connectivity index (χ3n) is 4.03. The molecule has 0 aliphatic rings. The number of amides is 1. The third kappa shape index (κ3) is 3.39. The van der Waals surface area contributed by atoms with Gasteiger partial charge in [0.1, 0.15) is 17.5 Å². The first kappa shape index (κ1) is 17.2. The molecule has 0 atom stereocenters. The van der Waals surface area contributed by atoms with E-state index in [9.17, 15) is 13.6 Å². The normalized spacial score (nSPS) is 10.9. The summed E-state index contributed by atoms with van der Waals surface area (Å²) >= 11 is 5.91. The van der Waals surface area contributed by atoms with E-state index in [1.54, 1.807) is 42.5 Å². The summed E-state index contributed by atoms with van der Waals surface area (Å²) in [6, 6.07) is 15.2. The monoisotopic (exact) mass is 383 g/mol. The molecule has 0 bridgehead atoms. The number of nitrogens with zero attached hydrogens (tertiary/aromatic N) is 1. The van der Waals surface area contributed by atoms with Gasteiger partial charge in [0.25, 0.3) is 5.91 Å². The van der Waals surface area contributed by atoms with Gasteiger partial charge < -0.3 is 10.3 Å². The molecule has 4 aromatic rings. The van der Waals surface area contributed by atoms with Gasteiger partial charge in [-0.15, -0.1) is 0 Å². The van der Waals surface area contributed by atoms with E-state index in [1.165, 1.54) is 6.07 Å². The van der Waals surface area contributed by atoms with Crippen molar-refractivity contribution in [2.75, 3.05) is 5.32 Å². The molecule has 7 heteroatoms. The Labute approximate surface area is 157 Å². The Balaban J connectivity index is 1.68. The van der Waals surface area contributed by atoms with Crippen LogP contribution in [0.5, 0.6) is 0 Å². The number of carbonyl (C=O) groups excluding carboxylic acids is 1. The minimum absolute atomic E-state index is 0.0630. The molecule has 0 radical (unpaired) electrons.